The number of carbonyl (C=O) groups is 1. The van der Waals surface area contributed by atoms with Crippen LogP contribution in [0.3, 0.4) is 0 Å². The lowest BCUT2D eigenvalue weighted by molar-refractivity contribution is -0.139. The number of Topliss-reactive ketones (excluding diaryl/α,β-unsaturated/α-hetero) is 1. The van der Waals surface area contributed by atoms with Gasteiger partial charge in [-0.3, -0.25) is 4.79 Å². The van der Waals surface area contributed by atoms with E-state index in [0.717, 1.165) is 49.9 Å². The maximum Gasteiger partial charge on any atom is 0.139 e. The van der Waals surface area contributed by atoms with E-state index in [4.69, 9.17) is 5.53 Å². The Morgan fingerprint density at radius 1 is 1.09 bits per heavy atom. The summed E-state index contributed by atoms with van der Waals surface area (Å²) in [5.41, 5.74) is 9.16. The standard InChI is InChI=1S/C19H29N3O/c1-18-9-7-13(21-22-20)11-12(18)3-4-14-15-5-6-17(23)19(15,2)10-8-16(14)18/h12-16H,3-11H2,1-2H3/t12-,13?,14?,15?,16?,18-,19-/m0/s1. The number of hydrogen-bond donors (Lipinski definition) is 0. The lowest BCUT2D eigenvalue weighted by atomic mass is 9.45. The fourth-order valence-corrected chi connectivity index (χ4v) is 7.18. The average molecular weight is 315 g/mol. The number of fused-ring (bicyclic) bond motifs is 5. The van der Waals surface area contributed by atoms with Crippen molar-refractivity contribution in [3.8, 4) is 0 Å². The molecule has 0 bridgehead atoms. The molecule has 0 heterocycles. The Morgan fingerprint density at radius 2 is 1.91 bits per heavy atom. The van der Waals surface area contributed by atoms with Crippen molar-refractivity contribution < 1.29 is 4.79 Å². The number of azide groups is 1. The lowest BCUT2D eigenvalue weighted by Crippen LogP contribution is -2.53. The summed E-state index contributed by atoms with van der Waals surface area (Å²) >= 11 is 0. The first-order valence-electron chi connectivity index (χ1n) is 9.56. The Bertz CT molecular complexity index is 569. The Labute approximate surface area is 139 Å². The van der Waals surface area contributed by atoms with E-state index >= 15 is 0 Å². The first-order valence-corrected chi connectivity index (χ1v) is 9.56. The van der Waals surface area contributed by atoms with Crippen LogP contribution in [-0.4, -0.2) is 11.8 Å². The van der Waals surface area contributed by atoms with E-state index in [2.05, 4.69) is 23.9 Å². The van der Waals surface area contributed by atoms with Crippen LogP contribution < -0.4 is 0 Å². The summed E-state index contributed by atoms with van der Waals surface area (Å²) in [6.07, 6.45) is 10.2. The van der Waals surface area contributed by atoms with Gasteiger partial charge in [-0.15, -0.1) is 0 Å². The molecule has 0 aromatic heterocycles. The molecule has 4 aliphatic rings. The van der Waals surface area contributed by atoms with E-state index in [1.54, 1.807) is 0 Å². The fourth-order valence-electron chi connectivity index (χ4n) is 7.18. The minimum Gasteiger partial charge on any atom is -0.299 e. The number of nitrogens with zero attached hydrogens (tertiary/aromatic N) is 3. The summed E-state index contributed by atoms with van der Waals surface area (Å²) < 4.78 is 0. The van der Waals surface area contributed by atoms with Crippen LogP contribution in [0, 0.1) is 34.5 Å². The zero-order valence-electron chi connectivity index (χ0n) is 14.5. The summed E-state index contributed by atoms with van der Waals surface area (Å²) in [7, 11) is 0. The van der Waals surface area contributed by atoms with Crippen molar-refractivity contribution in [2.24, 2.45) is 39.6 Å². The molecular formula is C19H29N3O. The molecule has 0 aliphatic heterocycles. The van der Waals surface area contributed by atoms with Gasteiger partial charge in [-0.1, -0.05) is 19.0 Å². The van der Waals surface area contributed by atoms with E-state index in [0.29, 0.717) is 17.1 Å². The summed E-state index contributed by atoms with van der Waals surface area (Å²) in [6, 6.07) is 0.219. The van der Waals surface area contributed by atoms with E-state index in [-0.39, 0.29) is 11.5 Å². The molecule has 4 unspecified atom stereocenters. The first kappa shape index (κ1) is 15.5. The van der Waals surface area contributed by atoms with Crippen LogP contribution >= 0.6 is 0 Å². The van der Waals surface area contributed by atoms with Crippen molar-refractivity contribution in [1.29, 1.82) is 0 Å². The van der Waals surface area contributed by atoms with E-state index < -0.39 is 0 Å². The minimum atomic E-state index is -0.00727. The quantitative estimate of drug-likeness (QED) is 0.369. The van der Waals surface area contributed by atoms with Crippen molar-refractivity contribution in [3.05, 3.63) is 10.4 Å². The van der Waals surface area contributed by atoms with Crippen molar-refractivity contribution >= 4 is 5.78 Å². The van der Waals surface area contributed by atoms with Gasteiger partial charge in [0, 0.05) is 22.8 Å². The number of rotatable bonds is 1. The molecule has 4 aliphatic carbocycles. The smallest absolute Gasteiger partial charge is 0.139 e. The molecule has 0 spiro atoms. The molecule has 4 nitrogen and oxygen atoms in total. The highest BCUT2D eigenvalue weighted by atomic mass is 16.1. The highest BCUT2D eigenvalue weighted by molar-refractivity contribution is 5.87. The minimum absolute atomic E-state index is 0.00727. The maximum absolute atomic E-state index is 12.4. The number of carbonyl (C=O) groups excluding carboxylic acids is 1. The highest BCUT2D eigenvalue weighted by Crippen LogP contribution is 2.65. The van der Waals surface area contributed by atoms with E-state index in [9.17, 15) is 4.79 Å². The summed E-state index contributed by atoms with van der Waals surface area (Å²) in [6.45, 7) is 4.77. The molecule has 0 saturated heterocycles. The van der Waals surface area contributed by atoms with Crippen LogP contribution in [0.4, 0.5) is 0 Å². The molecule has 4 saturated carbocycles. The molecule has 0 amide bonds. The number of ketones is 1. The van der Waals surface area contributed by atoms with Crippen molar-refractivity contribution in [1.82, 2.24) is 0 Å². The maximum atomic E-state index is 12.4. The molecule has 4 rings (SSSR count). The lowest BCUT2D eigenvalue weighted by Gasteiger charge is -2.60. The van der Waals surface area contributed by atoms with Gasteiger partial charge in [-0.2, -0.15) is 0 Å². The van der Waals surface area contributed by atoms with Crippen molar-refractivity contribution in [3.63, 3.8) is 0 Å². The normalized spacial score (nSPS) is 52.1. The fraction of sp³-hybridized carbons (Fsp3) is 0.947. The third-order valence-corrected chi connectivity index (χ3v) is 8.56. The van der Waals surface area contributed by atoms with Crippen LogP contribution in [0.15, 0.2) is 5.11 Å². The van der Waals surface area contributed by atoms with Gasteiger partial charge in [-0.05, 0) is 86.0 Å². The SMILES string of the molecule is C[C@]12CCC3C(CC[C@H]4CC(N=[N+]=[N-])CC[C@]34C)C1CCC2=O. The predicted octanol–water partition coefficient (Wildman–Crippen LogP) is 5.28. The molecule has 7 atom stereocenters. The third kappa shape index (κ3) is 2.10. The second-order valence-electron chi connectivity index (χ2n) is 9.21. The zero-order valence-corrected chi connectivity index (χ0v) is 14.5. The third-order valence-electron chi connectivity index (χ3n) is 8.56. The Kier molecular flexibility index (Phi) is 3.53. The number of hydrogen-bond acceptors (Lipinski definition) is 2. The molecule has 0 aromatic rings. The molecule has 0 radical (unpaired) electrons. The van der Waals surface area contributed by atoms with Gasteiger partial charge in [0.2, 0.25) is 0 Å². The van der Waals surface area contributed by atoms with Gasteiger partial charge in [-0.25, -0.2) is 0 Å². The summed E-state index contributed by atoms with van der Waals surface area (Å²) in [5.74, 6) is 3.45. The van der Waals surface area contributed by atoms with Crippen LogP contribution in [0.25, 0.3) is 10.4 Å². The van der Waals surface area contributed by atoms with Crippen LogP contribution in [-0.2, 0) is 4.79 Å². The molecule has 0 N–H and O–H groups in total. The predicted molar refractivity (Wildman–Crippen MR) is 89.7 cm³/mol. The Hall–Kier alpha value is -1.02. The molecule has 126 valence electrons. The molecule has 0 aromatic carbocycles. The van der Waals surface area contributed by atoms with Gasteiger partial charge in [0.05, 0.1) is 0 Å². The van der Waals surface area contributed by atoms with Gasteiger partial charge >= 0.3 is 0 Å². The van der Waals surface area contributed by atoms with Gasteiger partial charge in [0.25, 0.3) is 0 Å². The highest BCUT2D eigenvalue weighted by Gasteiger charge is 2.60. The molecule has 23 heavy (non-hydrogen) atoms. The topological polar surface area (TPSA) is 65.8 Å². The Balaban J connectivity index is 1.59. The van der Waals surface area contributed by atoms with Gasteiger partial charge in [0.1, 0.15) is 5.78 Å². The largest absolute Gasteiger partial charge is 0.299 e. The van der Waals surface area contributed by atoms with Gasteiger partial charge < -0.3 is 0 Å². The van der Waals surface area contributed by atoms with E-state index in [1.165, 1.54) is 25.7 Å². The summed E-state index contributed by atoms with van der Waals surface area (Å²) in [4.78, 5) is 15.5. The molecule has 4 heteroatoms. The first-order chi connectivity index (χ1) is 11.0. The molecular weight excluding hydrogens is 286 g/mol. The second kappa shape index (κ2) is 5.24. The van der Waals surface area contributed by atoms with Crippen molar-refractivity contribution in [2.75, 3.05) is 0 Å². The van der Waals surface area contributed by atoms with Crippen molar-refractivity contribution in [2.45, 2.75) is 77.7 Å². The monoisotopic (exact) mass is 315 g/mol. The zero-order chi connectivity index (χ0) is 16.2. The van der Waals surface area contributed by atoms with Crippen LogP contribution in [0.1, 0.15) is 71.6 Å². The Morgan fingerprint density at radius 3 is 2.70 bits per heavy atom. The average Bonchev–Trinajstić information content (AvgIpc) is 2.84. The van der Waals surface area contributed by atoms with Gasteiger partial charge in [0.15, 0.2) is 0 Å². The van der Waals surface area contributed by atoms with Crippen LogP contribution in [0.5, 0.6) is 0 Å². The summed E-state index contributed by atoms with van der Waals surface area (Å²) in [5, 5.41) is 4.02. The van der Waals surface area contributed by atoms with Crippen LogP contribution in [0.2, 0.25) is 0 Å². The van der Waals surface area contributed by atoms with E-state index in [1.807, 2.05) is 0 Å². The second-order valence-corrected chi connectivity index (χ2v) is 9.21. The molecule has 4 fully saturated rings.